The van der Waals surface area contributed by atoms with Gasteiger partial charge in [0.15, 0.2) is 8.32 Å². The van der Waals surface area contributed by atoms with Gasteiger partial charge in [-0.15, -0.1) is 0 Å². The van der Waals surface area contributed by atoms with Crippen molar-refractivity contribution in [3.05, 3.63) is 69.1 Å². The molecule has 1 aromatic heterocycles. The Morgan fingerprint density at radius 2 is 1.82 bits per heavy atom. The molecule has 0 spiro atoms. The Hall–Kier alpha value is -2.39. The zero-order chi connectivity index (χ0) is 25.3. The summed E-state index contributed by atoms with van der Waals surface area (Å²) in [7, 11) is -1.86. The molecule has 2 unspecified atom stereocenters. The van der Waals surface area contributed by atoms with Gasteiger partial charge in [-0.05, 0) is 66.6 Å². The SMILES string of the molecule is CC(C)(C)[Si](C)(C)OCCC1Cc2ccccc2C(NC(=O)c2ccc(C(F)(F)F)[nH]c2=O)C1. The van der Waals surface area contributed by atoms with Crippen molar-refractivity contribution >= 4 is 14.2 Å². The second-order valence-electron chi connectivity index (χ2n) is 10.5. The summed E-state index contributed by atoms with van der Waals surface area (Å²) in [5.74, 6) is -0.413. The van der Waals surface area contributed by atoms with Crippen molar-refractivity contribution in [1.82, 2.24) is 10.3 Å². The van der Waals surface area contributed by atoms with Crippen LogP contribution in [0.3, 0.4) is 0 Å². The van der Waals surface area contributed by atoms with E-state index in [2.05, 4.69) is 39.2 Å². The van der Waals surface area contributed by atoms with E-state index in [1.54, 1.807) is 4.98 Å². The summed E-state index contributed by atoms with van der Waals surface area (Å²) < 4.78 is 44.9. The van der Waals surface area contributed by atoms with Crippen molar-refractivity contribution in [3.63, 3.8) is 0 Å². The highest BCUT2D eigenvalue weighted by Gasteiger charge is 2.37. The summed E-state index contributed by atoms with van der Waals surface area (Å²) in [6, 6.07) is 9.12. The van der Waals surface area contributed by atoms with Crippen LogP contribution in [0.1, 0.15) is 66.8 Å². The van der Waals surface area contributed by atoms with Gasteiger partial charge in [0.25, 0.3) is 11.5 Å². The maximum absolute atomic E-state index is 12.8. The lowest BCUT2D eigenvalue weighted by Crippen LogP contribution is -2.41. The number of nitrogens with one attached hydrogen (secondary N) is 2. The van der Waals surface area contributed by atoms with Crippen molar-refractivity contribution in [2.75, 3.05) is 6.61 Å². The molecule has 0 bridgehead atoms. The van der Waals surface area contributed by atoms with Gasteiger partial charge in [0, 0.05) is 6.61 Å². The van der Waals surface area contributed by atoms with Gasteiger partial charge in [-0.25, -0.2) is 0 Å². The Morgan fingerprint density at radius 3 is 2.44 bits per heavy atom. The van der Waals surface area contributed by atoms with Gasteiger partial charge in [-0.1, -0.05) is 45.0 Å². The Bertz CT molecular complexity index is 1090. The van der Waals surface area contributed by atoms with E-state index in [0.717, 1.165) is 30.0 Å². The molecule has 0 saturated carbocycles. The maximum Gasteiger partial charge on any atom is 0.431 e. The third kappa shape index (κ3) is 5.99. The minimum Gasteiger partial charge on any atom is -0.417 e. The summed E-state index contributed by atoms with van der Waals surface area (Å²) in [6.07, 6.45) is -2.31. The van der Waals surface area contributed by atoms with Gasteiger partial charge in [-0.3, -0.25) is 9.59 Å². The average molecular weight is 495 g/mol. The summed E-state index contributed by atoms with van der Waals surface area (Å²) in [5, 5.41) is 3.00. The normalized spacial score (nSPS) is 18.9. The smallest absolute Gasteiger partial charge is 0.417 e. The molecule has 0 saturated heterocycles. The number of fused-ring (bicyclic) bond motifs is 1. The fourth-order valence-electron chi connectivity index (χ4n) is 4.02. The van der Waals surface area contributed by atoms with Gasteiger partial charge in [-0.2, -0.15) is 13.2 Å². The van der Waals surface area contributed by atoms with Crippen molar-refractivity contribution < 1.29 is 22.4 Å². The fraction of sp³-hybridized carbons (Fsp3) is 0.520. The minimum atomic E-state index is -4.68. The van der Waals surface area contributed by atoms with E-state index in [1.165, 1.54) is 0 Å². The Morgan fingerprint density at radius 1 is 1.15 bits per heavy atom. The third-order valence-electron chi connectivity index (χ3n) is 7.07. The molecule has 1 amide bonds. The summed E-state index contributed by atoms with van der Waals surface area (Å²) in [6.45, 7) is 11.7. The quantitative estimate of drug-likeness (QED) is 0.496. The van der Waals surface area contributed by atoms with Crippen molar-refractivity contribution in [3.8, 4) is 0 Å². The highest BCUT2D eigenvalue weighted by Crippen LogP contribution is 2.38. The Labute approximate surface area is 199 Å². The zero-order valence-corrected chi connectivity index (χ0v) is 21.3. The molecule has 0 fully saturated rings. The maximum atomic E-state index is 12.8. The van der Waals surface area contributed by atoms with Crippen LogP contribution >= 0.6 is 0 Å². The highest BCUT2D eigenvalue weighted by atomic mass is 28.4. The molecule has 0 radical (unpaired) electrons. The molecular weight excluding hydrogens is 461 g/mol. The molecule has 9 heteroatoms. The molecule has 34 heavy (non-hydrogen) atoms. The van der Waals surface area contributed by atoms with Crippen LogP contribution in [0.15, 0.2) is 41.2 Å². The van der Waals surface area contributed by atoms with Crippen LogP contribution in [0, 0.1) is 5.92 Å². The number of rotatable bonds is 6. The molecule has 1 aliphatic carbocycles. The van der Waals surface area contributed by atoms with Crippen LogP contribution in [-0.4, -0.2) is 25.8 Å². The van der Waals surface area contributed by atoms with Gasteiger partial charge < -0.3 is 14.7 Å². The first-order valence-corrected chi connectivity index (χ1v) is 14.4. The lowest BCUT2D eigenvalue weighted by molar-refractivity contribution is -0.141. The number of hydrogen-bond acceptors (Lipinski definition) is 3. The minimum absolute atomic E-state index is 0.122. The van der Waals surface area contributed by atoms with Crippen LogP contribution in [0.25, 0.3) is 0 Å². The van der Waals surface area contributed by atoms with E-state index >= 15 is 0 Å². The molecule has 5 nitrogen and oxygen atoms in total. The largest absolute Gasteiger partial charge is 0.431 e. The van der Waals surface area contributed by atoms with Gasteiger partial charge in [0.2, 0.25) is 0 Å². The standard InChI is InChI=1S/C25H33F3N2O3Si/c1-24(2,3)34(4,5)33-13-12-16-14-17-8-6-7-9-18(17)20(15-16)29-22(31)19-10-11-21(25(26,27)28)30-23(19)32/h6-11,16,20H,12-15H2,1-5H3,(H,29,31)(H,30,32). The van der Waals surface area contributed by atoms with Gasteiger partial charge in [0.1, 0.15) is 11.3 Å². The molecule has 3 rings (SSSR count). The number of amides is 1. The molecule has 2 atom stereocenters. The summed E-state index contributed by atoms with van der Waals surface area (Å²) >= 11 is 0. The summed E-state index contributed by atoms with van der Waals surface area (Å²) in [4.78, 5) is 26.8. The van der Waals surface area contributed by atoms with E-state index in [1.807, 2.05) is 24.3 Å². The van der Waals surface area contributed by atoms with E-state index in [9.17, 15) is 22.8 Å². The second-order valence-corrected chi connectivity index (χ2v) is 15.4. The molecule has 1 aliphatic rings. The van der Waals surface area contributed by atoms with E-state index < -0.39 is 31.7 Å². The predicted octanol–water partition coefficient (Wildman–Crippen LogP) is 5.84. The molecule has 1 aromatic carbocycles. The molecule has 1 heterocycles. The van der Waals surface area contributed by atoms with Crippen LogP contribution < -0.4 is 10.9 Å². The number of benzene rings is 1. The number of pyridine rings is 1. The third-order valence-corrected chi connectivity index (χ3v) is 11.6. The molecule has 186 valence electrons. The van der Waals surface area contributed by atoms with Crippen LogP contribution in [-0.2, 0) is 17.0 Å². The molecule has 2 N–H and O–H groups in total. The second kappa shape index (κ2) is 9.69. The number of H-pyrrole nitrogens is 1. The number of carbonyl (C=O) groups is 1. The lowest BCUT2D eigenvalue weighted by atomic mass is 9.79. The number of aromatic nitrogens is 1. The van der Waals surface area contributed by atoms with Gasteiger partial charge >= 0.3 is 6.18 Å². The number of hydrogen-bond donors (Lipinski definition) is 2. The molecule has 2 aromatic rings. The van der Waals surface area contributed by atoms with Crippen LogP contribution in [0.2, 0.25) is 18.1 Å². The first-order valence-electron chi connectivity index (χ1n) is 11.5. The molecule has 0 aliphatic heterocycles. The van der Waals surface area contributed by atoms with E-state index in [0.29, 0.717) is 19.1 Å². The predicted molar refractivity (Wildman–Crippen MR) is 128 cm³/mol. The van der Waals surface area contributed by atoms with Crippen molar-refractivity contribution in [2.24, 2.45) is 5.92 Å². The number of carbonyl (C=O) groups excluding carboxylic acids is 1. The Balaban J connectivity index is 1.73. The first-order chi connectivity index (χ1) is 15.7. The van der Waals surface area contributed by atoms with Crippen LogP contribution in [0.5, 0.6) is 0 Å². The highest BCUT2D eigenvalue weighted by molar-refractivity contribution is 6.74. The van der Waals surface area contributed by atoms with Crippen molar-refractivity contribution in [2.45, 2.75) is 70.4 Å². The first kappa shape index (κ1) is 26.2. The van der Waals surface area contributed by atoms with Gasteiger partial charge in [0.05, 0.1) is 6.04 Å². The van der Waals surface area contributed by atoms with Crippen LogP contribution in [0.4, 0.5) is 13.2 Å². The monoisotopic (exact) mass is 494 g/mol. The summed E-state index contributed by atoms with van der Waals surface area (Å²) in [5.41, 5.74) is -0.484. The Kier molecular flexibility index (Phi) is 7.47. The number of alkyl halides is 3. The number of halogens is 3. The van der Waals surface area contributed by atoms with E-state index in [-0.39, 0.29) is 22.6 Å². The van der Waals surface area contributed by atoms with Crippen molar-refractivity contribution in [1.29, 1.82) is 0 Å². The zero-order valence-electron chi connectivity index (χ0n) is 20.3. The molecular formula is C25H33F3N2O3Si. The topological polar surface area (TPSA) is 71.2 Å². The number of aromatic amines is 1. The van der Waals surface area contributed by atoms with E-state index in [4.69, 9.17) is 4.43 Å². The lowest BCUT2D eigenvalue weighted by Gasteiger charge is -2.37. The average Bonchev–Trinajstić information content (AvgIpc) is 2.72. The fourth-order valence-corrected chi connectivity index (χ4v) is 5.08.